The Bertz CT molecular complexity index is 672. The fourth-order valence-corrected chi connectivity index (χ4v) is 3.87. The minimum atomic E-state index is -3.55. The number of nitrogens with zero attached hydrogens (tertiary/aromatic N) is 1. The molecule has 114 valence electrons. The van der Waals surface area contributed by atoms with Gasteiger partial charge in [0.2, 0.25) is 10.0 Å². The highest BCUT2D eigenvalue weighted by molar-refractivity contribution is 7.89. The molecule has 1 aromatic rings. The Balaban J connectivity index is 2.16. The van der Waals surface area contributed by atoms with Gasteiger partial charge in [0.15, 0.2) is 0 Å². The summed E-state index contributed by atoms with van der Waals surface area (Å²) in [6.07, 6.45) is 5.62. The van der Waals surface area contributed by atoms with E-state index in [1.54, 1.807) is 0 Å². The molecule has 21 heavy (non-hydrogen) atoms. The molecule has 1 atom stereocenters. The van der Waals surface area contributed by atoms with Crippen LogP contribution in [0.3, 0.4) is 0 Å². The first-order valence-corrected chi connectivity index (χ1v) is 8.47. The second kappa shape index (κ2) is 6.14. The molecule has 0 radical (unpaired) electrons. The van der Waals surface area contributed by atoms with Gasteiger partial charge >= 0.3 is 0 Å². The number of nitrogens with one attached hydrogen (secondary N) is 1. The van der Waals surface area contributed by atoms with Gasteiger partial charge in [0.1, 0.15) is 4.90 Å². The highest BCUT2D eigenvalue weighted by Gasteiger charge is 2.33. The Morgan fingerprint density at radius 3 is 2.86 bits per heavy atom. The molecular weight excluding hydrogens is 286 g/mol. The Morgan fingerprint density at radius 1 is 1.48 bits per heavy atom. The van der Waals surface area contributed by atoms with Gasteiger partial charge in [0.05, 0.1) is 6.54 Å². The molecule has 5 nitrogen and oxygen atoms in total. The molecule has 1 aromatic heterocycles. The van der Waals surface area contributed by atoms with Crippen LogP contribution in [0.5, 0.6) is 0 Å². The lowest BCUT2D eigenvalue weighted by atomic mass is 9.92. The predicted octanol–water partition coefficient (Wildman–Crippen LogP) is 1.25. The van der Waals surface area contributed by atoms with Crippen LogP contribution in [0, 0.1) is 17.3 Å². The van der Waals surface area contributed by atoms with Crippen molar-refractivity contribution < 1.29 is 8.42 Å². The summed E-state index contributed by atoms with van der Waals surface area (Å²) in [5.74, 6) is 5.48. The average Bonchev–Trinajstić information content (AvgIpc) is 2.75. The molecule has 3 N–H and O–H groups in total. The van der Waals surface area contributed by atoms with Crippen LogP contribution < -0.4 is 10.5 Å². The number of pyridine rings is 1. The van der Waals surface area contributed by atoms with Gasteiger partial charge in [0, 0.05) is 24.0 Å². The van der Waals surface area contributed by atoms with E-state index in [9.17, 15) is 8.42 Å². The van der Waals surface area contributed by atoms with Crippen LogP contribution in [-0.4, -0.2) is 26.0 Å². The molecule has 0 amide bonds. The summed E-state index contributed by atoms with van der Waals surface area (Å²) in [6.45, 7) is 4.55. The summed E-state index contributed by atoms with van der Waals surface area (Å²) in [5.41, 5.74) is 6.06. The van der Waals surface area contributed by atoms with Gasteiger partial charge in [-0.15, -0.1) is 0 Å². The molecule has 1 heterocycles. The molecule has 6 heteroatoms. The molecule has 1 aliphatic carbocycles. The second-order valence-corrected chi connectivity index (χ2v) is 7.85. The van der Waals surface area contributed by atoms with E-state index in [-0.39, 0.29) is 22.9 Å². The summed E-state index contributed by atoms with van der Waals surface area (Å²) in [5, 5.41) is 0. The van der Waals surface area contributed by atoms with E-state index in [2.05, 4.69) is 35.4 Å². The molecule has 1 fully saturated rings. The number of rotatable bonds is 3. The third-order valence-electron chi connectivity index (χ3n) is 3.65. The monoisotopic (exact) mass is 307 g/mol. The van der Waals surface area contributed by atoms with Crippen LogP contribution >= 0.6 is 0 Å². The van der Waals surface area contributed by atoms with Gasteiger partial charge in [-0.3, -0.25) is 4.98 Å². The molecule has 1 saturated carbocycles. The lowest BCUT2D eigenvalue weighted by Crippen LogP contribution is -2.33. The zero-order chi connectivity index (χ0) is 15.5. The highest BCUT2D eigenvalue weighted by Crippen LogP contribution is 2.37. The molecule has 0 spiro atoms. The van der Waals surface area contributed by atoms with E-state index in [0.717, 1.165) is 19.3 Å². The van der Waals surface area contributed by atoms with E-state index in [1.165, 1.54) is 18.5 Å². The molecule has 0 aliphatic heterocycles. The van der Waals surface area contributed by atoms with Gasteiger partial charge in [-0.1, -0.05) is 25.7 Å². The van der Waals surface area contributed by atoms with Crippen molar-refractivity contribution in [1.29, 1.82) is 0 Å². The third kappa shape index (κ3) is 4.27. The van der Waals surface area contributed by atoms with Crippen LogP contribution in [0.25, 0.3) is 0 Å². The average molecular weight is 307 g/mol. The molecule has 1 aliphatic rings. The van der Waals surface area contributed by atoms with Crippen molar-refractivity contribution in [2.45, 2.75) is 44.0 Å². The molecule has 1 unspecified atom stereocenters. The topological polar surface area (TPSA) is 85.1 Å². The number of sulfonamides is 1. The summed E-state index contributed by atoms with van der Waals surface area (Å²) in [4.78, 5) is 4.09. The third-order valence-corrected chi connectivity index (χ3v) is 5.14. The number of nitrogens with two attached hydrogens (primary N) is 1. The minimum Gasteiger partial charge on any atom is -0.320 e. The number of hydrogen-bond acceptors (Lipinski definition) is 4. The maximum absolute atomic E-state index is 12.4. The van der Waals surface area contributed by atoms with E-state index >= 15 is 0 Å². The SMILES string of the molecule is CC1(C)CCC(NS(=O)(=O)c2cncc(C#CCN)c2)C1. The van der Waals surface area contributed by atoms with Crippen LogP contribution in [0.15, 0.2) is 23.4 Å². The van der Waals surface area contributed by atoms with Gasteiger partial charge in [0.25, 0.3) is 0 Å². The zero-order valence-electron chi connectivity index (χ0n) is 12.4. The first kappa shape index (κ1) is 16.0. The van der Waals surface area contributed by atoms with Crippen molar-refractivity contribution >= 4 is 10.0 Å². The van der Waals surface area contributed by atoms with Crippen molar-refractivity contribution in [3.8, 4) is 11.8 Å². The first-order chi connectivity index (χ1) is 9.82. The van der Waals surface area contributed by atoms with E-state index in [0.29, 0.717) is 5.56 Å². The van der Waals surface area contributed by atoms with Crippen LogP contribution in [0.1, 0.15) is 38.7 Å². The molecule has 2 rings (SSSR count). The lowest BCUT2D eigenvalue weighted by molar-refractivity contribution is 0.372. The normalized spacial score (nSPS) is 20.8. The lowest BCUT2D eigenvalue weighted by Gasteiger charge is -2.17. The summed E-state index contributed by atoms with van der Waals surface area (Å²) >= 11 is 0. The Hall–Kier alpha value is -1.42. The summed E-state index contributed by atoms with van der Waals surface area (Å²) in [7, 11) is -3.55. The Morgan fingerprint density at radius 2 is 2.24 bits per heavy atom. The summed E-state index contributed by atoms with van der Waals surface area (Å²) in [6, 6.07) is 1.52. The Labute approximate surface area is 126 Å². The van der Waals surface area contributed by atoms with E-state index < -0.39 is 10.0 Å². The fourth-order valence-electron chi connectivity index (χ4n) is 2.61. The van der Waals surface area contributed by atoms with Gasteiger partial charge in [-0.05, 0) is 30.7 Å². The molecule has 0 aromatic carbocycles. The van der Waals surface area contributed by atoms with Gasteiger partial charge < -0.3 is 5.73 Å². The maximum atomic E-state index is 12.4. The predicted molar refractivity (Wildman–Crippen MR) is 81.9 cm³/mol. The first-order valence-electron chi connectivity index (χ1n) is 6.99. The van der Waals surface area contributed by atoms with Crippen LogP contribution in [0.4, 0.5) is 0 Å². The standard InChI is InChI=1S/C15H21N3O2S/c1-15(2)6-5-13(9-15)18-21(19,20)14-8-12(4-3-7-16)10-17-11-14/h8,10-11,13,18H,5-7,9,16H2,1-2H3. The van der Waals surface area contributed by atoms with Gasteiger partial charge in [-0.2, -0.15) is 0 Å². The molecule has 0 saturated heterocycles. The number of aromatic nitrogens is 1. The second-order valence-electron chi connectivity index (χ2n) is 6.14. The largest absolute Gasteiger partial charge is 0.320 e. The minimum absolute atomic E-state index is 0.0104. The molecular formula is C15H21N3O2S. The number of hydrogen-bond donors (Lipinski definition) is 2. The van der Waals surface area contributed by atoms with Crippen molar-refractivity contribution in [3.05, 3.63) is 24.0 Å². The van der Waals surface area contributed by atoms with Crippen molar-refractivity contribution in [1.82, 2.24) is 9.71 Å². The molecule has 0 bridgehead atoms. The smallest absolute Gasteiger partial charge is 0.242 e. The fraction of sp³-hybridized carbons (Fsp3) is 0.533. The van der Waals surface area contributed by atoms with Crippen molar-refractivity contribution in [3.63, 3.8) is 0 Å². The van der Waals surface area contributed by atoms with Crippen molar-refractivity contribution in [2.24, 2.45) is 11.1 Å². The quantitative estimate of drug-likeness (QED) is 0.823. The van der Waals surface area contributed by atoms with Crippen LogP contribution in [-0.2, 0) is 10.0 Å². The van der Waals surface area contributed by atoms with Crippen LogP contribution in [0.2, 0.25) is 0 Å². The van der Waals surface area contributed by atoms with Crippen molar-refractivity contribution in [2.75, 3.05) is 6.54 Å². The van der Waals surface area contributed by atoms with E-state index in [1.807, 2.05) is 0 Å². The van der Waals surface area contributed by atoms with Gasteiger partial charge in [-0.25, -0.2) is 13.1 Å². The highest BCUT2D eigenvalue weighted by atomic mass is 32.2. The summed E-state index contributed by atoms with van der Waals surface area (Å²) < 4.78 is 27.6. The maximum Gasteiger partial charge on any atom is 0.242 e. The Kier molecular flexibility index (Phi) is 4.67. The van der Waals surface area contributed by atoms with E-state index in [4.69, 9.17) is 5.73 Å². The zero-order valence-corrected chi connectivity index (χ0v) is 13.2.